The highest BCUT2D eigenvalue weighted by atomic mass is 32.1. The van der Waals surface area contributed by atoms with Crippen LogP contribution in [0.5, 0.6) is 0 Å². The summed E-state index contributed by atoms with van der Waals surface area (Å²) in [6, 6.07) is 28.3. The summed E-state index contributed by atoms with van der Waals surface area (Å²) in [4.78, 5) is 2.88. The van der Waals surface area contributed by atoms with E-state index in [0.717, 1.165) is 0 Å². The fourth-order valence-electron chi connectivity index (χ4n) is 6.88. The second kappa shape index (κ2) is 14.3. The van der Waals surface area contributed by atoms with E-state index in [9.17, 15) is 0 Å². The smallest absolute Gasteiger partial charge is 0.0374 e. The topological polar surface area (TPSA) is 0 Å². The SMILES string of the molecule is CCCCCCc1ccsc1-c1ccc2c(-c3c(C)ccc4cc(-c5sccc5CCCCCC)ccc34)c(C)ccc2c1. The largest absolute Gasteiger partial charge is 0.144 e. The molecule has 0 saturated heterocycles. The van der Waals surface area contributed by atoms with Gasteiger partial charge in [0, 0.05) is 9.75 Å². The van der Waals surface area contributed by atoms with Crippen molar-refractivity contribution in [2.75, 3.05) is 0 Å². The predicted molar refractivity (Wildman–Crippen MR) is 199 cm³/mol. The van der Waals surface area contributed by atoms with Crippen molar-refractivity contribution in [3.8, 4) is 32.0 Å². The molecule has 6 aromatic rings. The lowest BCUT2D eigenvalue weighted by atomic mass is 9.87. The van der Waals surface area contributed by atoms with Crippen LogP contribution in [0.4, 0.5) is 0 Å². The maximum Gasteiger partial charge on any atom is 0.0374 e. The predicted octanol–water partition coefficient (Wildman–Crippen LogP) is 14.0. The third kappa shape index (κ3) is 6.44. The molecule has 226 valence electrons. The molecule has 0 unspecified atom stereocenters. The normalized spacial score (nSPS) is 11.6. The van der Waals surface area contributed by atoms with Crippen LogP contribution in [0.25, 0.3) is 53.6 Å². The molecule has 0 bridgehead atoms. The van der Waals surface area contributed by atoms with Gasteiger partial charge in [0.25, 0.3) is 0 Å². The van der Waals surface area contributed by atoms with Crippen LogP contribution in [-0.2, 0) is 12.8 Å². The highest BCUT2D eigenvalue weighted by Crippen LogP contribution is 2.42. The lowest BCUT2D eigenvalue weighted by Crippen LogP contribution is -1.93. The Morgan fingerprint density at radius 3 is 1.36 bits per heavy atom. The molecule has 0 spiro atoms. The number of hydrogen-bond acceptors (Lipinski definition) is 2. The fourth-order valence-corrected chi connectivity index (χ4v) is 8.79. The summed E-state index contributed by atoms with van der Waals surface area (Å²) < 4.78 is 0. The van der Waals surface area contributed by atoms with Crippen molar-refractivity contribution in [1.29, 1.82) is 0 Å². The van der Waals surface area contributed by atoms with Crippen LogP contribution >= 0.6 is 22.7 Å². The lowest BCUT2D eigenvalue weighted by molar-refractivity contribution is 0.668. The van der Waals surface area contributed by atoms with E-state index >= 15 is 0 Å². The van der Waals surface area contributed by atoms with Crippen LogP contribution in [0.15, 0.2) is 83.6 Å². The zero-order valence-corrected chi connectivity index (χ0v) is 28.6. The molecule has 0 saturated carbocycles. The minimum atomic E-state index is 1.18. The second-order valence-electron chi connectivity index (χ2n) is 12.6. The van der Waals surface area contributed by atoms with E-state index in [2.05, 4.69) is 111 Å². The van der Waals surface area contributed by atoms with E-state index in [1.807, 2.05) is 22.7 Å². The number of thiophene rings is 2. The van der Waals surface area contributed by atoms with Crippen LogP contribution < -0.4 is 0 Å². The molecule has 0 fully saturated rings. The molecule has 2 heteroatoms. The van der Waals surface area contributed by atoms with Gasteiger partial charge in [0.1, 0.15) is 0 Å². The molecule has 2 heterocycles. The summed E-state index contributed by atoms with van der Waals surface area (Å²) in [6.45, 7) is 9.13. The van der Waals surface area contributed by atoms with Crippen molar-refractivity contribution in [3.63, 3.8) is 0 Å². The molecule has 44 heavy (non-hydrogen) atoms. The molecule has 0 N–H and O–H groups in total. The standard InChI is InChI=1S/C42H46S2/c1-5-7-9-11-13-31-23-25-43-41(31)35-19-21-37-33(27-35)17-15-29(3)39(37)40-30(4)16-18-34-28-36(20-22-38(34)40)42-32(24-26-44-42)14-12-10-8-6-2/h15-28H,5-14H2,1-4H3. The van der Waals surface area contributed by atoms with Crippen molar-refractivity contribution < 1.29 is 0 Å². The number of benzene rings is 4. The zero-order chi connectivity index (χ0) is 30.5. The Balaban J connectivity index is 1.37. The molecular weight excluding hydrogens is 569 g/mol. The van der Waals surface area contributed by atoms with E-state index in [-0.39, 0.29) is 0 Å². The highest BCUT2D eigenvalue weighted by Gasteiger charge is 2.16. The van der Waals surface area contributed by atoms with E-state index in [4.69, 9.17) is 0 Å². The molecule has 2 aromatic heterocycles. The van der Waals surface area contributed by atoms with Gasteiger partial charge in [-0.1, -0.05) is 101 Å². The van der Waals surface area contributed by atoms with Crippen molar-refractivity contribution in [3.05, 3.63) is 106 Å². The van der Waals surface area contributed by atoms with Gasteiger partial charge in [0.15, 0.2) is 0 Å². The molecule has 0 aliphatic carbocycles. The Bertz CT molecular complexity index is 1730. The number of aryl methyl sites for hydroxylation is 4. The Labute approximate surface area is 272 Å². The van der Waals surface area contributed by atoms with Crippen molar-refractivity contribution >= 4 is 44.2 Å². The van der Waals surface area contributed by atoms with Crippen LogP contribution in [-0.4, -0.2) is 0 Å². The third-order valence-corrected chi connectivity index (χ3v) is 11.3. The number of rotatable bonds is 13. The monoisotopic (exact) mass is 614 g/mol. The van der Waals surface area contributed by atoms with E-state index < -0.39 is 0 Å². The van der Waals surface area contributed by atoms with Gasteiger partial charge in [-0.25, -0.2) is 0 Å². The first-order valence-electron chi connectivity index (χ1n) is 16.8. The van der Waals surface area contributed by atoms with Gasteiger partial charge in [0.2, 0.25) is 0 Å². The van der Waals surface area contributed by atoms with Gasteiger partial charge in [-0.15, -0.1) is 22.7 Å². The number of hydrogen-bond donors (Lipinski definition) is 0. The van der Waals surface area contributed by atoms with Crippen molar-refractivity contribution in [2.24, 2.45) is 0 Å². The Hall–Kier alpha value is -3.20. The summed E-state index contributed by atoms with van der Waals surface area (Å²) in [6.07, 6.45) is 12.8. The van der Waals surface area contributed by atoms with Crippen molar-refractivity contribution in [1.82, 2.24) is 0 Å². The van der Waals surface area contributed by atoms with Crippen molar-refractivity contribution in [2.45, 2.75) is 91.9 Å². The second-order valence-corrected chi connectivity index (χ2v) is 14.4. The Morgan fingerprint density at radius 2 is 0.932 bits per heavy atom. The Kier molecular flexibility index (Phi) is 9.99. The van der Waals surface area contributed by atoms with Gasteiger partial charge in [0.05, 0.1) is 0 Å². The summed E-state index contributed by atoms with van der Waals surface area (Å²) >= 11 is 3.78. The Morgan fingerprint density at radius 1 is 0.477 bits per heavy atom. The van der Waals surface area contributed by atoms with Gasteiger partial charge in [-0.3, -0.25) is 0 Å². The molecule has 0 radical (unpaired) electrons. The first-order chi connectivity index (χ1) is 21.6. The number of unbranched alkanes of at least 4 members (excludes halogenated alkanes) is 6. The van der Waals surface area contributed by atoms with E-state index in [0.29, 0.717) is 0 Å². The van der Waals surface area contributed by atoms with Gasteiger partial charge in [-0.05, 0) is 141 Å². The molecule has 0 atom stereocenters. The zero-order valence-electron chi connectivity index (χ0n) is 27.0. The maximum absolute atomic E-state index is 2.43. The molecule has 0 aliphatic rings. The molecule has 6 rings (SSSR count). The lowest BCUT2D eigenvalue weighted by Gasteiger charge is -2.17. The summed E-state index contributed by atoms with van der Waals surface area (Å²) in [7, 11) is 0. The average molecular weight is 615 g/mol. The van der Waals surface area contributed by atoms with Crippen LogP contribution in [0.1, 0.15) is 87.5 Å². The average Bonchev–Trinajstić information content (AvgIpc) is 3.71. The van der Waals surface area contributed by atoms with E-state index in [1.54, 1.807) is 0 Å². The summed E-state index contributed by atoms with van der Waals surface area (Å²) in [5.41, 5.74) is 11.2. The fraction of sp³-hybridized carbons (Fsp3) is 0.333. The van der Waals surface area contributed by atoms with Gasteiger partial charge >= 0.3 is 0 Å². The molecular formula is C42H46S2. The first-order valence-corrected chi connectivity index (χ1v) is 18.6. The van der Waals surface area contributed by atoms with Gasteiger partial charge < -0.3 is 0 Å². The summed E-state index contributed by atoms with van der Waals surface area (Å²) in [5, 5.41) is 9.90. The first kappa shape index (κ1) is 30.8. The number of fused-ring (bicyclic) bond motifs is 2. The molecule has 0 aliphatic heterocycles. The molecule has 0 amide bonds. The van der Waals surface area contributed by atoms with Crippen LogP contribution in [0.3, 0.4) is 0 Å². The minimum Gasteiger partial charge on any atom is -0.144 e. The molecule has 0 nitrogen and oxygen atoms in total. The maximum atomic E-state index is 2.43. The van der Waals surface area contributed by atoms with E-state index in [1.165, 1.54) is 140 Å². The minimum absolute atomic E-state index is 1.18. The van der Waals surface area contributed by atoms with Crippen LogP contribution in [0.2, 0.25) is 0 Å². The van der Waals surface area contributed by atoms with Gasteiger partial charge in [-0.2, -0.15) is 0 Å². The molecule has 4 aromatic carbocycles. The summed E-state index contributed by atoms with van der Waals surface area (Å²) in [5.74, 6) is 0. The third-order valence-electron chi connectivity index (χ3n) is 9.32. The quantitative estimate of drug-likeness (QED) is 0.114. The highest BCUT2D eigenvalue weighted by molar-refractivity contribution is 7.14. The van der Waals surface area contributed by atoms with Crippen LogP contribution in [0, 0.1) is 13.8 Å².